The van der Waals surface area contributed by atoms with Crippen LogP contribution in [0.25, 0.3) is 0 Å². The maximum atomic E-state index is 10.4. The van der Waals surface area contributed by atoms with E-state index in [1.165, 1.54) is 44.6 Å². The number of nitrogens with zero attached hydrogens (tertiary/aromatic N) is 2. The van der Waals surface area contributed by atoms with Crippen LogP contribution in [0.4, 0.5) is 0 Å². The van der Waals surface area contributed by atoms with Crippen LogP contribution >= 0.6 is 0 Å². The van der Waals surface area contributed by atoms with Gasteiger partial charge in [-0.2, -0.15) is 0 Å². The fourth-order valence-electron chi connectivity index (χ4n) is 4.22. The number of nitrogens with two attached hydrogens (primary N) is 1. The SMILES string of the molecule is C=C(C)N=C1OC(C)(C)C(c2ccc(C3CCCCC3)cc2)=N/C1=C(/C)N.CCNC(=O)C(C)O. The zero-order chi connectivity index (χ0) is 26.2. The van der Waals surface area contributed by atoms with Gasteiger partial charge in [-0.05, 0) is 65.9 Å². The van der Waals surface area contributed by atoms with Crippen LogP contribution in [0.15, 0.2) is 57.9 Å². The first-order chi connectivity index (χ1) is 16.5. The number of carbonyl (C=O) groups excluding carboxylic acids is 1. The highest BCUT2D eigenvalue weighted by molar-refractivity contribution is 6.13. The molecule has 1 aromatic rings. The molecule has 2 aliphatic rings. The van der Waals surface area contributed by atoms with Gasteiger partial charge in [-0.25, -0.2) is 9.98 Å². The summed E-state index contributed by atoms with van der Waals surface area (Å²) >= 11 is 0. The number of nitrogens with one attached hydrogen (secondary N) is 1. The van der Waals surface area contributed by atoms with E-state index in [-0.39, 0.29) is 5.91 Å². The third-order valence-corrected chi connectivity index (χ3v) is 6.01. The number of aliphatic hydroxyl groups is 1. The van der Waals surface area contributed by atoms with Crippen LogP contribution in [0, 0.1) is 0 Å². The van der Waals surface area contributed by atoms with Gasteiger partial charge in [0.15, 0.2) is 0 Å². The number of allylic oxidation sites excluding steroid dienone is 2. The molecule has 0 bridgehead atoms. The molecule has 1 aliphatic heterocycles. The van der Waals surface area contributed by atoms with Crippen LogP contribution in [0.5, 0.6) is 0 Å². The van der Waals surface area contributed by atoms with Gasteiger partial charge in [0.1, 0.15) is 17.4 Å². The number of aliphatic hydroxyl groups excluding tert-OH is 1. The Morgan fingerprint density at radius 3 is 2.31 bits per heavy atom. The van der Waals surface area contributed by atoms with Gasteiger partial charge in [0, 0.05) is 23.5 Å². The molecule has 1 unspecified atom stereocenters. The predicted molar refractivity (Wildman–Crippen MR) is 143 cm³/mol. The Hall–Kier alpha value is -2.93. The molecule has 1 fully saturated rings. The lowest BCUT2D eigenvalue weighted by atomic mass is 9.83. The van der Waals surface area contributed by atoms with Crippen LogP contribution < -0.4 is 11.1 Å². The van der Waals surface area contributed by atoms with Crippen molar-refractivity contribution in [1.29, 1.82) is 0 Å². The lowest BCUT2D eigenvalue weighted by molar-refractivity contribution is -0.128. The second-order valence-corrected chi connectivity index (χ2v) is 9.78. The lowest BCUT2D eigenvalue weighted by Crippen LogP contribution is -2.42. The molecule has 3 rings (SSSR count). The number of hydrogen-bond acceptors (Lipinski definition) is 6. The van der Waals surface area contributed by atoms with E-state index in [9.17, 15) is 4.79 Å². The molecule has 0 aromatic heterocycles. The smallest absolute Gasteiger partial charge is 0.248 e. The Bertz CT molecular complexity index is 978. The number of rotatable bonds is 5. The number of aliphatic imine (C=N–C) groups is 2. The number of carbonyl (C=O) groups is 1. The van der Waals surface area contributed by atoms with E-state index >= 15 is 0 Å². The molecule has 4 N–H and O–H groups in total. The summed E-state index contributed by atoms with van der Waals surface area (Å²) in [5.74, 6) is 0.823. The number of ether oxygens (including phenoxy) is 1. The summed E-state index contributed by atoms with van der Waals surface area (Å²) < 4.78 is 6.19. The van der Waals surface area contributed by atoms with Gasteiger partial charge in [0.25, 0.3) is 0 Å². The number of hydrogen-bond donors (Lipinski definition) is 3. The van der Waals surface area contributed by atoms with E-state index in [1.54, 1.807) is 6.92 Å². The summed E-state index contributed by atoms with van der Waals surface area (Å²) in [4.78, 5) is 19.6. The van der Waals surface area contributed by atoms with Crippen LogP contribution in [0.2, 0.25) is 0 Å². The number of benzene rings is 1. The standard InChI is InChI=1S/C23H31N3O.C5H11NO2/c1-15(2)25-22-20(16(3)24)26-21(23(4,5)27-22)19-13-11-18(12-14-19)17-9-7-6-8-10-17;1-3-6-5(8)4(2)7/h11-14,17H,1,6-10,24H2,2-5H3;4,7H,3H2,1-2H3,(H,6,8)/b20-16-,25-22?;. The summed E-state index contributed by atoms with van der Waals surface area (Å²) in [7, 11) is 0. The normalized spacial score (nSPS) is 21.1. The zero-order valence-corrected chi connectivity index (χ0v) is 22.1. The Morgan fingerprint density at radius 2 is 1.86 bits per heavy atom. The van der Waals surface area contributed by atoms with Gasteiger partial charge in [-0.15, -0.1) is 0 Å². The quantitative estimate of drug-likeness (QED) is 0.551. The van der Waals surface area contributed by atoms with Gasteiger partial charge in [-0.3, -0.25) is 4.79 Å². The fourth-order valence-corrected chi connectivity index (χ4v) is 4.22. The molecule has 1 amide bonds. The Morgan fingerprint density at radius 1 is 1.26 bits per heavy atom. The van der Waals surface area contributed by atoms with Gasteiger partial charge in [-0.1, -0.05) is 50.1 Å². The van der Waals surface area contributed by atoms with E-state index in [1.807, 2.05) is 27.7 Å². The molecule has 0 radical (unpaired) electrons. The summed E-state index contributed by atoms with van der Waals surface area (Å²) in [6.07, 6.45) is 5.78. The largest absolute Gasteiger partial charge is 0.463 e. The minimum absolute atomic E-state index is 0.312. The minimum Gasteiger partial charge on any atom is -0.463 e. The predicted octanol–water partition coefficient (Wildman–Crippen LogP) is 4.96. The lowest BCUT2D eigenvalue weighted by Gasteiger charge is -2.33. The minimum atomic E-state index is -0.880. The third kappa shape index (κ3) is 8.06. The van der Waals surface area contributed by atoms with E-state index in [4.69, 9.17) is 20.6 Å². The van der Waals surface area contributed by atoms with Crippen molar-refractivity contribution in [2.75, 3.05) is 6.54 Å². The first-order valence-corrected chi connectivity index (χ1v) is 12.5. The van der Waals surface area contributed by atoms with Crippen LogP contribution in [0.1, 0.15) is 90.7 Å². The molecule has 1 aromatic carbocycles. The van der Waals surface area contributed by atoms with E-state index in [2.05, 4.69) is 41.2 Å². The summed E-state index contributed by atoms with van der Waals surface area (Å²) in [5, 5.41) is 11.0. The molecule has 0 spiro atoms. The van der Waals surface area contributed by atoms with Gasteiger partial charge in [0.05, 0.1) is 5.71 Å². The van der Waals surface area contributed by atoms with Crippen molar-refractivity contribution < 1.29 is 14.6 Å². The van der Waals surface area contributed by atoms with Crippen molar-refractivity contribution in [1.82, 2.24) is 5.32 Å². The highest BCUT2D eigenvalue weighted by Gasteiger charge is 2.36. The molecular formula is C28H42N4O3. The second kappa shape index (κ2) is 12.7. The van der Waals surface area contributed by atoms with Gasteiger partial charge >= 0.3 is 0 Å². The maximum absolute atomic E-state index is 10.4. The van der Waals surface area contributed by atoms with Crippen molar-refractivity contribution in [2.45, 2.75) is 91.3 Å². The molecular weight excluding hydrogens is 440 g/mol. The highest BCUT2D eigenvalue weighted by atomic mass is 16.5. The van der Waals surface area contributed by atoms with Crippen molar-refractivity contribution >= 4 is 17.5 Å². The molecule has 192 valence electrons. The Balaban J connectivity index is 0.000000466. The topological polar surface area (TPSA) is 109 Å². The zero-order valence-electron chi connectivity index (χ0n) is 22.1. The summed E-state index contributed by atoms with van der Waals surface area (Å²) in [5.41, 5.74) is 10.7. The van der Waals surface area contributed by atoms with Crippen molar-refractivity contribution in [3.63, 3.8) is 0 Å². The van der Waals surface area contributed by atoms with Gasteiger partial charge in [0.2, 0.25) is 11.8 Å². The third-order valence-electron chi connectivity index (χ3n) is 6.01. The monoisotopic (exact) mass is 482 g/mol. The molecule has 0 saturated heterocycles. The molecule has 7 heteroatoms. The van der Waals surface area contributed by atoms with Crippen LogP contribution in [-0.4, -0.2) is 40.9 Å². The second-order valence-electron chi connectivity index (χ2n) is 9.78. The van der Waals surface area contributed by atoms with Crippen molar-refractivity contribution in [3.8, 4) is 0 Å². The van der Waals surface area contributed by atoms with Crippen LogP contribution in [0.3, 0.4) is 0 Å². The summed E-state index contributed by atoms with van der Waals surface area (Å²) in [6.45, 7) is 15.3. The van der Waals surface area contributed by atoms with Crippen LogP contribution in [-0.2, 0) is 9.53 Å². The van der Waals surface area contributed by atoms with Crippen molar-refractivity contribution in [2.24, 2.45) is 15.7 Å². The first kappa shape index (κ1) is 28.3. The van der Waals surface area contributed by atoms with E-state index < -0.39 is 11.7 Å². The summed E-state index contributed by atoms with van der Waals surface area (Å²) in [6, 6.07) is 8.83. The van der Waals surface area contributed by atoms with Crippen molar-refractivity contribution in [3.05, 3.63) is 59.1 Å². The van der Waals surface area contributed by atoms with E-state index in [0.717, 1.165) is 11.3 Å². The molecule has 35 heavy (non-hydrogen) atoms. The molecule has 1 aliphatic carbocycles. The number of likely N-dealkylation sites (N-methyl/N-ethyl adjacent to an activating group) is 1. The highest BCUT2D eigenvalue weighted by Crippen LogP contribution is 2.34. The Kier molecular flexibility index (Phi) is 10.3. The molecule has 1 saturated carbocycles. The Labute approximate surface area is 210 Å². The fraction of sp³-hybridized carbons (Fsp3) is 0.536. The molecule has 1 heterocycles. The van der Waals surface area contributed by atoms with E-state index in [0.29, 0.717) is 35.5 Å². The maximum Gasteiger partial charge on any atom is 0.248 e. The number of amides is 1. The average molecular weight is 483 g/mol. The van der Waals surface area contributed by atoms with Gasteiger partial charge < -0.3 is 20.9 Å². The molecule has 7 nitrogen and oxygen atoms in total. The molecule has 1 atom stereocenters. The average Bonchev–Trinajstić information content (AvgIpc) is 2.79. The first-order valence-electron chi connectivity index (χ1n) is 12.5.